The zero-order valence-electron chi connectivity index (χ0n) is 20.1. The maximum Gasteiger partial charge on any atom is 0.263 e. The van der Waals surface area contributed by atoms with Crippen LogP contribution in [-0.4, -0.2) is 36.5 Å². The number of nitrogens with zero attached hydrogens (tertiary/aromatic N) is 4. The number of aromatic nitrogens is 3. The molecule has 2 aromatic heterocycles. The summed E-state index contributed by atoms with van der Waals surface area (Å²) in [6.07, 6.45) is 0.632. The van der Waals surface area contributed by atoms with Crippen molar-refractivity contribution in [1.29, 1.82) is 0 Å². The maximum atomic E-state index is 16.2. The molecule has 1 aliphatic heterocycles. The van der Waals surface area contributed by atoms with Crippen molar-refractivity contribution in [3.05, 3.63) is 63.6 Å². The SMILES string of the molecule is C[C@@H](Nc1nncc2c1cc(C1(F)CCS(=O)(=NC3CC3)CC1)c(=O)n2C)c1cccc(C(F)F)c1. The molecule has 2 fully saturated rings. The van der Waals surface area contributed by atoms with Gasteiger partial charge in [-0.1, -0.05) is 18.2 Å². The van der Waals surface area contributed by atoms with Crippen LogP contribution in [0.1, 0.15) is 61.8 Å². The predicted molar refractivity (Wildman–Crippen MR) is 134 cm³/mol. The van der Waals surface area contributed by atoms with E-state index in [-0.39, 0.29) is 41.5 Å². The molecule has 3 heterocycles. The van der Waals surface area contributed by atoms with Crippen molar-refractivity contribution in [2.75, 3.05) is 16.8 Å². The Morgan fingerprint density at radius 1 is 1.19 bits per heavy atom. The fourth-order valence-electron chi connectivity index (χ4n) is 4.67. The molecule has 1 atom stereocenters. The molecular weight excluding hydrogens is 491 g/mol. The van der Waals surface area contributed by atoms with Gasteiger partial charge in [-0.15, -0.1) is 5.10 Å². The van der Waals surface area contributed by atoms with Gasteiger partial charge >= 0.3 is 0 Å². The molecular formula is C25H28F3N5O2S. The lowest BCUT2D eigenvalue weighted by atomic mass is 9.90. The van der Waals surface area contributed by atoms with Crippen molar-refractivity contribution < 1.29 is 17.4 Å². The minimum absolute atomic E-state index is 0.00577. The van der Waals surface area contributed by atoms with Gasteiger partial charge in [-0.3, -0.25) is 4.79 Å². The molecule has 1 aromatic carbocycles. The molecule has 192 valence electrons. The van der Waals surface area contributed by atoms with Gasteiger partial charge in [0.1, 0.15) is 5.67 Å². The zero-order valence-corrected chi connectivity index (χ0v) is 20.9. The minimum atomic E-state index is -2.59. The van der Waals surface area contributed by atoms with Crippen molar-refractivity contribution >= 4 is 26.4 Å². The highest BCUT2D eigenvalue weighted by atomic mass is 32.2. The third-order valence-corrected chi connectivity index (χ3v) is 9.44. The average Bonchev–Trinajstić information content (AvgIpc) is 3.67. The summed E-state index contributed by atoms with van der Waals surface area (Å²) in [5, 5.41) is 11.8. The van der Waals surface area contributed by atoms with Gasteiger partial charge in [-0.05, 0) is 50.3 Å². The van der Waals surface area contributed by atoms with Gasteiger partial charge in [-0.2, -0.15) is 5.10 Å². The van der Waals surface area contributed by atoms with E-state index in [1.54, 1.807) is 26.1 Å². The van der Waals surface area contributed by atoms with Crippen molar-refractivity contribution in [1.82, 2.24) is 14.8 Å². The summed E-state index contributed by atoms with van der Waals surface area (Å²) >= 11 is 0. The van der Waals surface area contributed by atoms with Gasteiger partial charge in [0.2, 0.25) is 0 Å². The number of pyridine rings is 1. The van der Waals surface area contributed by atoms with Crippen molar-refractivity contribution in [2.24, 2.45) is 11.4 Å². The second kappa shape index (κ2) is 9.17. The third kappa shape index (κ3) is 4.72. The Balaban J connectivity index is 1.50. The highest BCUT2D eigenvalue weighted by Crippen LogP contribution is 2.39. The molecule has 3 aromatic rings. The summed E-state index contributed by atoms with van der Waals surface area (Å²) in [6, 6.07) is 7.30. The number of nitrogens with one attached hydrogen (secondary N) is 1. The molecule has 1 aliphatic carbocycles. The minimum Gasteiger partial charge on any atom is -0.361 e. The molecule has 1 N–H and O–H groups in total. The Bertz CT molecular complexity index is 1480. The van der Waals surface area contributed by atoms with E-state index in [0.717, 1.165) is 12.8 Å². The predicted octanol–water partition coefficient (Wildman–Crippen LogP) is 5.03. The van der Waals surface area contributed by atoms with E-state index in [2.05, 4.69) is 19.9 Å². The van der Waals surface area contributed by atoms with E-state index < -0.39 is 33.4 Å². The van der Waals surface area contributed by atoms with E-state index in [1.807, 2.05) is 0 Å². The fourth-order valence-corrected chi connectivity index (χ4v) is 7.12. The van der Waals surface area contributed by atoms with E-state index >= 15 is 4.39 Å². The normalized spacial score (nSPS) is 25.2. The summed E-state index contributed by atoms with van der Waals surface area (Å²) in [5.74, 6) is 0.558. The quantitative estimate of drug-likeness (QED) is 0.494. The monoisotopic (exact) mass is 519 g/mol. The Hall–Kier alpha value is -2.95. The lowest BCUT2D eigenvalue weighted by Crippen LogP contribution is -2.39. The Labute approximate surface area is 207 Å². The van der Waals surface area contributed by atoms with Crippen LogP contribution >= 0.6 is 0 Å². The van der Waals surface area contributed by atoms with Crippen LogP contribution in [0.25, 0.3) is 10.9 Å². The van der Waals surface area contributed by atoms with Crippen LogP contribution in [0.5, 0.6) is 0 Å². The highest BCUT2D eigenvalue weighted by Gasteiger charge is 2.41. The molecule has 0 radical (unpaired) electrons. The number of halogens is 3. The molecule has 7 nitrogen and oxygen atoms in total. The number of hydrogen-bond donors (Lipinski definition) is 1. The molecule has 5 rings (SSSR count). The van der Waals surface area contributed by atoms with Gasteiger partial charge in [0.25, 0.3) is 12.0 Å². The van der Waals surface area contributed by atoms with Crippen LogP contribution in [0.4, 0.5) is 19.0 Å². The second-order valence-electron chi connectivity index (χ2n) is 9.73. The van der Waals surface area contributed by atoms with Crippen LogP contribution < -0.4 is 10.9 Å². The summed E-state index contributed by atoms with van der Waals surface area (Å²) in [7, 11) is -0.899. The number of rotatable bonds is 6. The Morgan fingerprint density at radius 3 is 2.56 bits per heavy atom. The van der Waals surface area contributed by atoms with Gasteiger partial charge in [0.15, 0.2) is 5.82 Å². The van der Waals surface area contributed by atoms with Crippen molar-refractivity contribution in [2.45, 2.75) is 56.8 Å². The van der Waals surface area contributed by atoms with E-state index in [1.165, 1.54) is 29.0 Å². The molecule has 1 saturated carbocycles. The topological polar surface area (TPSA) is 89.2 Å². The number of fused-ring (bicyclic) bond motifs is 1. The van der Waals surface area contributed by atoms with Crippen molar-refractivity contribution in [3.63, 3.8) is 0 Å². The number of alkyl halides is 3. The third-order valence-electron chi connectivity index (χ3n) is 7.08. The van der Waals surface area contributed by atoms with Gasteiger partial charge in [0.05, 0.1) is 29.4 Å². The van der Waals surface area contributed by atoms with Crippen LogP contribution in [0, 0.1) is 0 Å². The van der Waals surface area contributed by atoms with Gasteiger partial charge in [-0.25, -0.2) is 21.7 Å². The first-order chi connectivity index (χ1) is 17.1. The molecule has 36 heavy (non-hydrogen) atoms. The number of hydrogen-bond acceptors (Lipinski definition) is 6. The summed E-state index contributed by atoms with van der Waals surface area (Å²) in [4.78, 5) is 13.2. The summed E-state index contributed by atoms with van der Waals surface area (Å²) in [6.45, 7) is 1.80. The number of anilines is 1. The first-order valence-electron chi connectivity index (χ1n) is 12.0. The van der Waals surface area contributed by atoms with Crippen molar-refractivity contribution in [3.8, 4) is 0 Å². The van der Waals surface area contributed by atoms with Crippen LogP contribution in [-0.2, 0) is 22.4 Å². The second-order valence-corrected chi connectivity index (χ2v) is 12.3. The zero-order chi connectivity index (χ0) is 25.7. The van der Waals surface area contributed by atoms with Crippen LogP contribution in [0.2, 0.25) is 0 Å². The van der Waals surface area contributed by atoms with Gasteiger partial charge < -0.3 is 9.88 Å². The first-order valence-corrected chi connectivity index (χ1v) is 13.8. The van der Waals surface area contributed by atoms with E-state index in [4.69, 9.17) is 0 Å². The molecule has 0 bridgehead atoms. The maximum absolute atomic E-state index is 16.2. The van der Waals surface area contributed by atoms with Crippen LogP contribution in [0.3, 0.4) is 0 Å². The first kappa shape index (κ1) is 24.7. The van der Waals surface area contributed by atoms with Gasteiger partial charge in [0, 0.05) is 39.2 Å². The van der Waals surface area contributed by atoms with E-state index in [9.17, 15) is 17.8 Å². The smallest absolute Gasteiger partial charge is 0.263 e. The number of aryl methyl sites for hydroxylation is 1. The molecule has 2 aliphatic rings. The molecule has 0 amide bonds. The molecule has 1 saturated heterocycles. The summed E-state index contributed by atoms with van der Waals surface area (Å²) in [5.41, 5.74) is -1.41. The molecule has 0 spiro atoms. The Kier molecular flexibility index (Phi) is 6.30. The largest absolute Gasteiger partial charge is 0.361 e. The van der Waals surface area contributed by atoms with Crippen LogP contribution in [0.15, 0.2) is 45.7 Å². The number of benzene rings is 1. The molecule has 0 unspecified atom stereocenters. The lowest BCUT2D eigenvalue weighted by molar-refractivity contribution is 0.146. The fraction of sp³-hybridized carbons (Fsp3) is 0.480. The molecule has 11 heteroatoms. The summed E-state index contributed by atoms with van der Waals surface area (Å²) < 4.78 is 61.4. The van der Waals surface area contributed by atoms with E-state index in [0.29, 0.717) is 22.3 Å². The Morgan fingerprint density at radius 2 is 1.89 bits per heavy atom. The highest BCUT2D eigenvalue weighted by molar-refractivity contribution is 7.93. The average molecular weight is 520 g/mol. The standard InChI is InChI=1S/C25H28F3N5O2S/c1-15(16-4-3-5-17(12-16)22(26)27)30-23-19-13-20(24(34)33(2)21(19)14-29-31-23)25(28)8-10-36(35,11-9-25)32-18-6-7-18/h3-5,12-15,18,22H,6-11H2,1-2H3,(H,30,31)/t15-,25?,36?/m1/s1. The lowest BCUT2D eigenvalue weighted by Gasteiger charge is -2.31.